The molecule has 0 unspecified atom stereocenters. The van der Waals surface area contributed by atoms with Crippen LogP contribution in [0.2, 0.25) is 0 Å². The number of benzene rings is 2. The van der Waals surface area contributed by atoms with Gasteiger partial charge in [-0.15, -0.1) is 0 Å². The molecule has 1 aliphatic heterocycles. The first kappa shape index (κ1) is 18.3. The normalized spacial score (nSPS) is 12.8. The molecule has 2 aromatic heterocycles. The average molecular weight is 394 g/mol. The van der Waals surface area contributed by atoms with Gasteiger partial charge in [0.1, 0.15) is 11.6 Å². The molecule has 0 saturated heterocycles. The molecule has 0 bridgehead atoms. The summed E-state index contributed by atoms with van der Waals surface area (Å²) >= 11 is 0. The molecular weight excluding hydrogens is 372 g/mol. The van der Waals surface area contributed by atoms with Gasteiger partial charge in [0.2, 0.25) is 0 Å². The van der Waals surface area contributed by atoms with Crippen molar-refractivity contribution >= 4 is 5.82 Å². The predicted octanol–water partition coefficient (Wildman–Crippen LogP) is 4.58. The SMILES string of the molecule is CCc1cc(=O)[nH]c(-c2ccc(N3Cc4ccccc4-c4ccccc4C3)nc2)n1. The molecule has 30 heavy (non-hydrogen) atoms. The van der Waals surface area contributed by atoms with Gasteiger partial charge in [0.15, 0.2) is 0 Å². The molecule has 0 saturated carbocycles. The van der Waals surface area contributed by atoms with Gasteiger partial charge in [-0.1, -0.05) is 55.5 Å². The van der Waals surface area contributed by atoms with Gasteiger partial charge in [-0.3, -0.25) is 4.79 Å². The van der Waals surface area contributed by atoms with Crippen LogP contribution in [-0.2, 0) is 19.5 Å². The maximum absolute atomic E-state index is 11.9. The first-order chi connectivity index (χ1) is 14.7. The molecule has 1 N–H and O–H groups in total. The van der Waals surface area contributed by atoms with E-state index < -0.39 is 0 Å². The highest BCUT2D eigenvalue weighted by atomic mass is 16.1. The molecule has 0 aliphatic carbocycles. The third kappa shape index (κ3) is 3.39. The van der Waals surface area contributed by atoms with Crippen LogP contribution in [0, 0.1) is 0 Å². The molecule has 3 heterocycles. The highest BCUT2D eigenvalue weighted by molar-refractivity contribution is 5.73. The number of rotatable bonds is 3. The van der Waals surface area contributed by atoms with Crippen molar-refractivity contribution in [1.29, 1.82) is 0 Å². The number of fused-ring (bicyclic) bond motifs is 3. The molecule has 5 heteroatoms. The fraction of sp³-hybridized carbons (Fsp3) is 0.160. The second-order valence-electron chi connectivity index (χ2n) is 7.51. The summed E-state index contributed by atoms with van der Waals surface area (Å²) in [6.07, 6.45) is 2.50. The Labute approximate surface area is 175 Å². The minimum Gasteiger partial charge on any atom is -0.348 e. The van der Waals surface area contributed by atoms with Crippen molar-refractivity contribution in [2.24, 2.45) is 0 Å². The topological polar surface area (TPSA) is 61.9 Å². The van der Waals surface area contributed by atoms with Crippen LogP contribution < -0.4 is 10.5 Å². The third-order valence-corrected chi connectivity index (χ3v) is 5.55. The second-order valence-corrected chi connectivity index (χ2v) is 7.51. The number of hydrogen-bond acceptors (Lipinski definition) is 4. The monoisotopic (exact) mass is 394 g/mol. The summed E-state index contributed by atoms with van der Waals surface area (Å²) < 4.78 is 0. The number of pyridine rings is 1. The van der Waals surface area contributed by atoms with E-state index in [1.54, 1.807) is 6.20 Å². The summed E-state index contributed by atoms with van der Waals surface area (Å²) in [6, 6.07) is 22.6. The maximum atomic E-state index is 11.9. The van der Waals surface area contributed by atoms with E-state index in [-0.39, 0.29) is 5.56 Å². The minimum absolute atomic E-state index is 0.137. The zero-order valence-electron chi connectivity index (χ0n) is 16.8. The molecule has 148 valence electrons. The Balaban J connectivity index is 1.51. The van der Waals surface area contributed by atoms with Crippen LogP contribution >= 0.6 is 0 Å². The van der Waals surface area contributed by atoms with E-state index in [9.17, 15) is 4.79 Å². The van der Waals surface area contributed by atoms with Gasteiger partial charge in [0.05, 0.1) is 0 Å². The number of aromatic amines is 1. The molecule has 1 aliphatic rings. The lowest BCUT2D eigenvalue weighted by Crippen LogP contribution is -2.22. The highest BCUT2D eigenvalue weighted by Crippen LogP contribution is 2.34. The number of aromatic nitrogens is 3. The van der Waals surface area contributed by atoms with E-state index in [0.29, 0.717) is 5.82 Å². The second kappa shape index (κ2) is 7.59. The van der Waals surface area contributed by atoms with Crippen molar-refractivity contribution in [3.05, 3.63) is 100 Å². The van der Waals surface area contributed by atoms with E-state index in [1.165, 1.54) is 28.3 Å². The zero-order valence-corrected chi connectivity index (χ0v) is 16.8. The lowest BCUT2D eigenvalue weighted by Gasteiger charge is -2.22. The van der Waals surface area contributed by atoms with Gasteiger partial charge in [0.25, 0.3) is 5.56 Å². The fourth-order valence-electron chi connectivity index (χ4n) is 4.01. The third-order valence-electron chi connectivity index (χ3n) is 5.55. The Bertz CT molecular complexity index is 1210. The fourth-order valence-corrected chi connectivity index (χ4v) is 4.01. The Morgan fingerprint density at radius 2 is 1.60 bits per heavy atom. The molecule has 0 amide bonds. The van der Waals surface area contributed by atoms with Crippen molar-refractivity contribution in [2.75, 3.05) is 4.90 Å². The summed E-state index contributed by atoms with van der Waals surface area (Å²) in [5.41, 5.74) is 6.59. The Morgan fingerprint density at radius 3 is 2.20 bits per heavy atom. The standard InChI is InChI=1S/C25H22N4O/c1-2-20-13-24(30)28-25(27-20)17-11-12-23(26-14-17)29-15-18-7-3-5-9-21(18)22-10-6-4-8-19(22)16-29/h3-14H,2,15-16H2,1H3,(H,27,28,30). The summed E-state index contributed by atoms with van der Waals surface area (Å²) in [6.45, 7) is 3.57. The summed E-state index contributed by atoms with van der Waals surface area (Å²) in [5, 5.41) is 0. The molecule has 0 spiro atoms. The predicted molar refractivity (Wildman–Crippen MR) is 119 cm³/mol. The van der Waals surface area contributed by atoms with Crippen LogP contribution in [0.25, 0.3) is 22.5 Å². The van der Waals surface area contributed by atoms with Crippen molar-refractivity contribution in [2.45, 2.75) is 26.4 Å². The molecule has 4 aromatic rings. The van der Waals surface area contributed by atoms with Gasteiger partial charge >= 0.3 is 0 Å². The minimum atomic E-state index is -0.137. The van der Waals surface area contributed by atoms with Gasteiger partial charge in [-0.05, 0) is 40.8 Å². The van der Waals surface area contributed by atoms with Crippen molar-refractivity contribution in [1.82, 2.24) is 15.0 Å². The van der Waals surface area contributed by atoms with Gasteiger partial charge in [-0.2, -0.15) is 0 Å². The van der Waals surface area contributed by atoms with Crippen LogP contribution in [0.3, 0.4) is 0 Å². The van der Waals surface area contributed by atoms with Crippen LogP contribution in [0.15, 0.2) is 77.7 Å². The van der Waals surface area contributed by atoms with Crippen LogP contribution in [-0.4, -0.2) is 15.0 Å². The highest BCUT2D eigenvalue weighted by Gasteiger charge is 2.20. The first-order valence-corrected chi connectivity index (χ1v) is 10.2. The Hall–Kier alpha value is -3.73. The van der Waals surface area contributed by atoms with E-state index in [1.807, 2.05) is 19.1 Å². The van der Waals surface area contributed by atoms with Gasteiger partial charge < -0.3 is 9.88 Å². The van der Waals surface area contributed by atoms with Crippen molar-refractivity contribution in [3.63, 3.8) is 0 Å². The molecular formula is C25H22N4O. The summed E-state index contributed by atoms with van der Waals surface area (Å²) in [5.74, 6) is 1.46. The molecule has 2 aromatic carbocycles. The van der Waals surface area contributed by atoms with Gasteiger partial charge in [0, 0.05) is 36.6 Å². The number of hydrogen-bond donors (Lipinski definition) is 1. The maximum Gasteiger partial charge on any atom is 0.251 e. The molecule has 0 radical (unpaired) electrons. The smallest absolute Gasteiger partial charge is 0.251 e. The van der Waals surface area contributed by atoms with Crippen molar-refractivity contribution < 1.29 is 0 Å². The number of H-pyrrole nitrogens is 1. The van der Waals surface area contributed by atoms with Gasteiger partial charge in [-0.25, -0.2) is 9.97 Å². The average Bonchev–Trinajstić information content (AvgIpc) is 2.96. The number of aryl methyl sites for hydroxylation is 1. The summed E-state index contributed by atoms with van der Waals surface area (Å²) in [7, 11) is 0. The number of nitrogens with one attached hydrogen (secondary N) is 1. The number of anilines is 1. The lowest BCUT2D eigenvalue weighted by atomic mass is 9.97. The van der Waals surface area contributed by atoms with Crippen LogP contribution in [0.4, 0.5) is 5.82 Å². The Kier molecular flexibility index (Phi) is 4.64. The molecule has 0 atom stereocenters. The first-order valence-electron chi connectivity index (χ1n) is 10.2. The zero-order chi connectivity index (χ0) is 20.5. The van der Waals surface area contributed by atoms with E-state index in [4.69, 9.17) is 4.98 Å². The van der Waals surface area contributed by atoms with Crippen LogP contribution in [0.5, 0.6) is 0 Å². The quantitative estimate of drug-likeness (QED) is 0.552. The van der Waals surface area contributed by atoms with E-state index >= 15 is 0 Å². The number of nitrogens with zero attached hydrogens (tertiary/aromatic N) is 3. The largest absolute Gasteiger partial charge is 0.348 e. The molecule has 5 rings (SSSR count). The Morgan fingerprint density at radius 1 is 0.933 bits per heavy atom. The van der Waals surface area contributed by atoms with E-state index in [2.05, 4.69) is 63.4 Å². The lowest BCUT2D eigenvalue weighted by molar-refractivity contribution is 0.795. The summed E-state index contributed by atoms with van der Waals surface area (Å²) in [4.78, 5) is 26.2. The molecule has 0 fully saturated rings. The van der Waals surface area contributed by atoms with Crippen molar-refractivity contribution in [3.8, 4) is 22.5 Å². The van der Waals surface area contributed by atoms with Crippen LogP contribution in [0.1, 0.15) is 23.7 Å². The van der Waals surface area contributed by atoms with E-state index in [0.717, 1.165) is 36.6 Å². The molecule has 5 nitrogen and oxygen atoms in total.